The maximum atomic E-state index is 14.4. The minimum absolute atomic E-state index is 0.00839. The summed E-state index contributed by atoms with van der Waals surface area (Å²) in [5, 5.41) is 40.5. The summed E-state index contributed by atoms with van der Waals surface area (Å²) in [5.41, 5.74) is 16.8. The molecule has 26 nitrogen and oxygen atoms in total. The number of carboxylic acids is 1. The summed E-state index contributed by atoms with van der Waals surface area (Å²) in [5.74, 6) is -7.67. The number of likely N-dealkylation sites (tertiary alicyclic amines) is 1. The number of benzene rings is 1. The number of unbranched alkanes of at least 4 members (excludes halogenated alkanes) is 1. The first-order valence-electron chi connectivity index (χ1n) is 23.3. The van der Waals surface area contributed by atoms with Crippen LogP contribution in [0.1, 0.15) is 75.6 Å². The molecule has 0 radical (unpaired) electrons. The third kappa shape index (κ3) is 17.6. The van der Waals surface area contributed by atoms with Crippen molar-refractivity contribution < 1.29 is 53.4 Å². The number of aromatic nitrogens is 2. The molecule has 8 amide bonds. The molecule has 3 heterocycles. The molecule has 2 saturated heterocycles. The number of phenolic OH excluding ortho intramolecular Hbond substituents is 1. The van der Waals surface area contributed by atoms with Crippen LogP contribution in [0.4, 0.5) is 0 Å². The number of aliphatic imine (C=N–C) groups is 1. The van der Waals surface area contributed by atoms with Gasteiger partial charge in [0.2, 0.25) is 35.4 Å². The van der Waals surface area contributed by atoms with Gasteiger partial charge in [0, 0.05) is 44.9 Å². The van der Waals surface area contributed by atoms with Crippen LogP contribution in [-0.4, -0.2) is 166 Å². The molecule has 2 aromatic rings. The number of rotatable bonds is 23. The van der Waals surface area contributed by atoms with Crippen LogP contribution in [-0.2, 0) is 56.0 Å². The SMILES string of the molecule is CNCC(=O)N[C@H](CCCN=C(N)N)C(=O)N[C@H]1C(=O)NCCCC[C@@H](C(=O)N[C@@H](Cc2ncc[nH]2)C(=O)N2CCC[C@@H]2C(=O)N[C@@H](CCCCN)C(=O)O)NC(=O)[C@H](Cc2ccc(O)cc2)NC1=O. The number of aromatic hydroxyl groups is 1. The molecule has 1 aromatic heterocycles. The van der Waals surface area contributed by atoms with Crippen molar-refractivity contribution in [1.82, 2.24) is 57.4 Å². The molecule has 26 heteroatoms. The molecule has 0 saturated carbocycles. The third-order valence-electron chi connectivity index (χ3n) is 11.6. The van der Waals surface area contributed by atoms with Gasteiger partial charge in [-0.25, -0.2) is 9.78 Å². The number of guanidine groups is 1. The van der Waals surface area contributed by atoms with Crippen LogP contribution in [0.5, 0.6) is 5.75 Å². The maximum Gasteiger partial charge on any atom is 0.326 e. The Labute approximate surface area is 404 Å². The first-order valence-corrected chi connectivity index (χ1v) is 23.3. The summed E-state index contributed by atoms with van der Waals surface area (Å²) in [6.07, 6.45) is 5.04. The van der Waals surface area contributed by atoms with Gasteiger partial charge in [-0.2, -0.15) is 0 Å². The lowest BCUT2D eigenvalue weighted by molar-refractivity contribution is -0.145. The summed E-state index contributed by atoms with van der Waals surface area (Å²) in [6, 6.07) is -3.87. The number of aliphatic carboxylic acids is 1. The van der Waals surface area contributed by atoms with Gasteiger partial charge >= 0.3 is 5.97 Å². The summed E-state index contributed by atoms with van der Waals surface area (Å²) in [6.45, 7) is 0.399. The first kappa shape index (κ1) is 55.2. The summed E-state index contributed by atoms with van der Waals surface area (Å²) in [7, 11) is 1.53. The van der Waals surface area contributed by atoms with E-state index in [0.29, 0.717) is 37.2 Å². The Morgan fingerprint density at radius 3 is 2.27 bits per heavy atom. The fraction of sp³-hybridized carbons (Fsp3) is 0.568. The number of hydrogen-bond donors (Lipinski definition) is 14. The van der Waals surface area contributed by atoms with E-state index in [0.717, 1.165) is 0 Å². The Bertz CT molecular complexity index is 2140. The number of likely N-dealkylation sites (N-methyl/N-ethyl adjacent to an activating group) is 1. The van der Waals surface area contributed by atoms with Crippen molar-refractivity contribution in [2.45, 2.75) is 119 Å². The number of carboxylic acid groups (broad SMARTS) is 1. The number of nitrogens with one attached hydrogen (secondary N) is 9. The smallest absolute Gasteiger partial charge is 0.326 e. The second kappa shape index (κ2) is 28.2. The predicted octanol–water partition coefficient (Wildman–Crippen LogP) is -4.41. The van der Waals surface area contributed by atoms with E-state index in [2.05, 4.69) is 57.5 Å². The lowest BCUT2D eigenvalue weighted by Gasteiger charge is -2.30. The minimum Gasteiger partial charge on any atom is -0.508 e. The molecule has 2 fully saturated rings. The van der Waals surface area contributed by atoms with E-state index in [4.69, 9.17) is 17.2 Å². The van der Waals surface area contributed by atoms with Crippen LogP contribution in [0.25, 0.3) is 0 Å². The molecule has 17 N–H and O–H groups in total. The second-order valence-electron chi connectivity index (χ2n) is 17.0. The van der Waals surface area contributed by atoms with Gasteiger partial charge in [0.25, 0.3) is 11.8 Å². The van der Waals surface area contributed by atoms with E-state index in [1.165, 1.54) is 48.6 Å². The Morgan fingerprint density at radius 1 is 0.871 bits per heavy atom. The van der Waals surface area contributed by atoms with Crippen LogP contribution in [0, 0.1) is 0 Å². The van der Waals surface area contributed by atoms with Crippen molar-refractivity contribution in [1.29, 1.82) is 0 Å². The summed E-state index contributed by atoms with van der Waals surface area (Å²) >= 11 is 0. The van der Waals surface area contributed by atoms with Crippen molar-refractivity contribution >= 4 is 59.2 Å². The van der Waals surface area contributed by atoms with E-state index in [-0.39, 0.29) is 95.7 Å². The molecule has 384 valence electrons. The molecule has 1 aromatic carbocycles. The van der Waals surface area contributed by atoms with Crippen LogP contribution in [0.15, 0.2) is 41.7 Å². The highest BCUT2D eigenvalue weighted by atomic mass is 16.4. The minimum atomic E-state index is -1.92. The van der Waals surface area contributed by atoms with Crippen molar-refractivity contribution in [3.8, 4) is 5.75 Å². The van der Waals surface area contributed by atoms with Gasteiger partial charge in [-0.15, -0.1) is 0 Å². The van der Waals surface area contributed by atoms with E-state index < -0.39 is 95.5 Å². The van der Waals surface area contributed by atoms with Crippen LogP contribution in [0.3, 0.4) is 0 Å². The largest absolute Gasteiger partial charge is 0.508 e. The molecule has 0 spiro atoms. The summed E-state index contributed by atoms with van der Waals surface area (Å²) in [4.78, 5) is 135. The van der Waals surface area contributed by atoms with E-state index in [1.54, 1.807) is 0 Å². The number of hydrogen-bond acceptors (Lipinski definition) is 14. The highest BCUT2D eigenvalue weighted by Gasteiger charge is 2.41. The molecular weight excluding hydrogens is 915 g/mol. The van der Waals surface area contributed by atoms with Crippen LogP contribution < -0.4 is 59.7 Å². The van der Waals surface area contributed by atoms with E-state index in [9.17, 15) is 53.4 Å². The number of carbonyl (C=O) groups is 9. The van der Waals surface area contributed by atoms with Crippen LogP contribution in [0.2, 0.25) is 0 Å². The third-order valence-corrected chi connectivity index (χ3v) is 11.6. The highest BCUT2D eigenvalue weighted by molar-refractivity contribution is 6.08. The zero-order valence-electron chi connectivity index (χ0n) is 39.2. The Hall–Kier alpha value is -7.35. The molecule has 0 unspecified atom stereocenters. The van der Waals surface area contributed by atoms with E-state index >= 15 is 0 Å². The molecule has 2 aliphatic rings. The van der Waals surface area contributed by atoms with Gasteiger partial charge in [-0.1, -0.05) is 12.1 Å². The topological polar surface area (TPSA) is 413 Å². The fourth-order valence-electron chi connectivity index (χ4n) is 7.93. The van der Waals surface area contributed by atoms with Gasteiger partial charge in [0.15, 0.2) is 12.0 Å². The molecule has 70 heavy (non-hydrogen) atoms. The lowest BCUT2D eigenvalue weighted by atomic mass is 10.0. The number of H-pyrrole nitrogens is 1. The number of phenols is 1. The van der Waals surface area contributed by atoms with E-state index in [1.807, 2.05) is 0 Å². The van der Waals surface area contributed by atoms with Gasteiger partial charge in [0.05, 0.1) is 6.54 Å². The molecule has 0 aliphatic carbocycles. The highest BCUT2D eigenvalue weighted by Crippen LogP contribution is 2.21. The average Bonchev–Trinajstić information content (AvgIpc) is 4.04. The lowest BCUT2D eigenvalue weighted by Crippen LogP contribution is -2.62. The average molecular weight is 982 g/mol. The number of nitrogens with two attached hydrogens (primary N) is 3. The zero-order chi connectivity index (χ0) is 51.2. The normalized spacial score (nSPS) is 20.0. The molecule has 4 rings (SSSR count). The van der Waals surface area contributed by atoms with Crippen molar-refractivity contribution in [3.05, 3.63) is 48.0 Å². The number of aromatic amines is 1. The Kier molecular flexibility index (Phi) is 22.3. The number of amides is 8. The molecule has 2 aliphatic heterocycles. The maximum absolute atomic E-state index is 14.4. The van der Waals surface area contributed by atoms with Gasteiger partial charge in [-0.05, 0) is 95.5 Å². The van der Waals surface area contributed by atoms with Crippen molar-refractivity contribution in [3.63, 3.8) is 0 Å². The monoisotopic (exact) mass is 982 g/mol. The van der Waals surface area contributed by atoms with Gasteiger partial charge in [0.1, 0.15) is 47.8 Å². The Morgan fingerprint density at radius 2 is 1.60 bits per heavy atom. The first-order chi connectivity index (χ1) is 33.5. The standard InChI is InChI=1S/C44H67N15O11/c1-48-24-34(61)53-27(10-6-18-52-44(46)47)37(63)58-35-40(66)51-17-5-3-8-28(54-38(64)30(56-41(35)67)22-25-12-14-26(60)15-13-25)36(62)57-31(23-33-49-19-20-50-33)42(68)59-21-7-11-32(59)39(65)55-29(43(69)70)9-2-4-16-45/h12-15,19-20,27-32,35,48,60H,2-11,16-18,21-24,45H2,1H3,(H,49,50)(H,51,66)(H,53,61)(H,54,64)(H,55,65)(H,56,67)(H,57,62)(H,58,63)(H,69,70)(H4,46,47,52)/t27-,28+,29+,30+,31+,32-,35+/m1/s1. The predicted molar refractivity (Wildman–Crippen MR) is 252 cm³/mol. The molecular formula is C44H67N15O11. The second-order valence-corrected chi connectivity index (χ2v) is 17.0. The number of nitrogens with zero attached hydrogens (tertiary/aromatic N) is 3. The van der Waals surface area contributed by atoms with Gasteiger partial charge < -0.3 is 79.8 Å². The molecule has 0 bridgehead atoms. The van der Waals surface area contributed by atoms with Crippen LogP contribution >= 0.6 is 0 Å². The van der Waals surface area contributed by atoms with Gasteiger partial charge in [-0.3, -0.25) is 43.3 Å². The molecule has 7 atom stereocenters. The zero-order valence-corrected chi connectivity index (χ0v) is 39.2. The fourth-order valence-corrected chi connectivity index (χ4v) is 7.93. The Balaban J connectivity index is 1.60. The summed E-state index contributed by atoms with van der Waals surface area (Å²) < 4.78 is 0. The number of carbonyl (C=O) groups excluding carboxylic acids is 8. The number of imidazole rings is 1. The van der Waals surface area contributed by atoms with Crippen molar-refractivity contribution in [2.24, 2.45) is 22.2 Å². The quantitative estimate of drug-likeness (QED) is 0.0216. The van der Waals surface area contributed by atoms with Crippen molar-refractivity contribution in [2.75, 3.05) is 39.8 Å².